The van der Waals surface area contributed by atoms with Crippen molar-refractivity contribution in [1.82, 2.24) is 9.97 Å². The molecule has 2 aromatic carbocycles. The predicted molar refractivity (Wildman–Crippen MR) is 121 cm³/mol. The molecule has 1 N–H and O–H groups in total. The van der Waals surface area contributed by atoms with Gasteiger partial charge in [0.25, 0.3) is 5.91 Å². The minimum Gasteiger partial charge on any atom is -0.481 e. The molecule has 4 aromatic rings. The molecule has 1 amide bonds. The highest BCUT2D eigenvalue weighted by molar-refractivity contribution is 6.11. The van der Waals surface area contributed by atoms with Gasteiger partial charge in [-0.1, -0.05) is 24.3 Å². The van der Waals surface area contributed by atoms with Gasteiger partial charge in [-0.3, -0.25) is 4.79 Å². The van der Waals surface area contributed by atoms with Crippen molar-refractivity contribution in [2.45, 2.75) is 20.8 Å². The Morgan fingerprint density at radius 3 is 2.57 bits per heavy atom. The number of ether oxygens (including phenoxy) is 1. The molecule has 0 unspecified atom stereocenters. The van der Waals surface area contributed by atoms with Crippen LogP contribution in [0.5, 0.6) is 5.88 Å². The van der Waals surface area contributed by atoms with E-state index in [1.807, 2.05) is 80.4 Å². The maximum absolute atomic E-state index is 13.5. The number of hydrogen-bond donors (Lipinski definition) is 1. The van der Waals surface area contributed by atoms with E-state index in [2.05, 4.69) is 9.97 Å². The standard InChI is InChI=1S/C25H25N3O2/c1-5-28(23-15-26-22-9-7-6-8-21(22)23)25(29)20-12-11-19(16(2)17(20)3)18-10-13-24(30-4)27-14-18/h6-15,26H,5H2,1-4H3. The lowest BCUT2D eigenvalue weighted by molar-refractivity contribution is 0.0988. The fourth-order valence-electron chi connectivity index (χ4n) is 3.87. The Kier molecular flexibility index (Phi) is 5.27. The summed E-state index contributed by atoms with van der Waals surface area (Å²) in [6.45, 7) is 6.64. The van der Waals surface area contributed by atoms with Gasteiger partial charge < -0.3 is 14.6 Å². The first-order valence-corrected chi connectivity index (χ1v) is 10.0. The summed E-state index contributed by atoms with van der Waals surface area (Å²) >= 11 is 0. The Morgan fingerprint density at radius 1 is 1.07 bits per heavy atom. The van der Waals surface area contributed by atoms with Crippen molar-refractivity contribution < 1.29 is 9.53 Å². The lowest BCUT2D eigenvalue weighted by Crippen LogP contribution is -2.31. The molecule has 0 bridgehead atoms. The summed E-state index contributed by atoms with van der Waals surface area (Å²) in [7, 11) is 1.60. The monoisotopic (exact) mass is 399 g/mol. The quantitative estimate of drug-likeness (QED) is 0.481. The zero-order valence-corrected chi connectivity index (χ0v) is 17.7. The average molecular weight is 399 g/mol. The number of fused-ring (bicyclic) bond motifs is 1. The Balaban J connectivity index is 1.72. The van der Waals surface area contributed by atoms with Crippen molar-refractivity contribution in [2.75, 3.05) is 18.6 Å². The molecule has 0 saturated carbocycles. The Bertz CT molecular complexity index is 1210. The number of hydrogen-bond acceptors (Lipinski definition) is 3. The molecule has 0 aliphatic rings. The zero-order valence-electron chi connectivity index (χ0n) is 17.7. The first kappa shape index (κ1) is 19.7. The number of carbonyl (C=O) groups is 1. The van der Waals surface area contributed by atoms with Gasteiger partial charge in [0, 0.05) is 47.0 Å². The average Bonchev–Trinajstić information content (AvgIpc) is 3.20. The van der Waals surface area contributed by atoms with Gasteiger partial charge in [-0.05, 0) is 55.7 Å². The van der Waals surface area contributed by atoms with Crippen LogP contribution in [0.25, 0.3) is 22.0 Å². The van der Waals surface area contributed by atoms with Crippen LogP contribution in [0.4, 0.5) is 5.69 Å². The SMILES string of the molecule is CCN(C(=O)c1ccc(-c2ccc(OC)nc2)c(C)c1C)c1c[nH]c2ccccc12. The number of amides is 1. The van der Waals surface area contributed by atoms with Crippen LogP contribution in [0, 0.1) is 13.8 Å². The molecule has 0 radical (unpaired) electrons. The third kappa shape index (κ3) is 3.32. The highest BCUT2D eigenvalue weighted by atomic mass is 16.5. The first-order valence-electron chi connectivity index (χ1n) is 10.0. The van der Waals surface area contributed by atoms with Crippen LogP contribution in [-0.4, -0.2) is 29.5 Å². The lowest BCUT2D eigenvalue weighted by Gasteiger charge is -2.22. The molecule has 0 atom stereocenters. The molecule has 5 heteroatoms. The smallest absolute Gasteiger partial charge is 0.258 e. The largest absolute Gasteiger partial charge is 0.481 e. The topological polar surface area (TPSA) is 58.2 Å². The van der Waals surface area contributed by atoms with Gasteiger partial charge in [0.2, 0.25) is 5.88 Å². The molecular formula is C25H25N3O2. The summed E-state index contributed by atoms with van der Waals surface area (Å²) in [5.74, 6) is 0.583. The molecule has 0 saturated heterocycles. The van der Waals surface area contributed by atoms with Gasteiger partial charge in [-0.2, -0.15) is 0 Å². The minimum absolute atomic E-state index is 0.00209. The van der Waals surface area contributed by atoms with Crippen LogP contribution in [0.1, 0.15) is 28.4 Å². The van der Waals surface area contributed by atoms with Crippen LogP contribution in [0.15, 0.2) is 60.9 Å². The number of H-pyrrole nitrogens is 1. The Hall–Kier alpha value is -3.60. The minimum atomic E-state index is 0.00209. The second-order valence-electron chi connectivity index (χ2n) is 7.27. The number of nitrogens with zero attached hydrogens (tertiary/aromatic N) is 2. The van der Waals surface area contributed by atoms with Crippen molar-refractivity contribution >= 4 is 22.5 Å². The second-order valence-corrected chi connectivity index (χ2v) is 7.27. The number of benzene rings is 2. The fraction of sp³-hybridized carbons (Fsp3) is 0.200. The fourth-order valence-corrected chi connectivity index (χ4v) is 3.87. The summed E-state index contributed by atoms with van der Waals surface area (Å²) < 4.78 is 5.15. The molecule has 2 aromatic heterocycles. The Labute approximate surface area is 176 Å². The summed E-state index contributed by atoms with van der Waals surface area (Å²) in [4.78, 5) is 22.9. The number of nitrogens with one attached hydrogen (secondary N) is 1. The number of aromatic nitrogens is 2. The number of methoxy groups -OCH3 is 1. The molecule has 0 aliphatic heterocycles. The van der Waals surface area contributed by atoms with E-state index in [1.165, 1.54) is 0 Å². The van der Waals surface area contributed by atoms with Crippen LogP contribution in [-0.2, 0) is 0 Å². The lowest BCUT2D eigenvalue weighted by atomic mass is 9.93. The van der Waals surface area contributed by atoms with Gasteiger partial charge in [-0.15, -0.1) is 0 Å². The number of rotatable bonds is 5. The van der Waals surface area contributed by atoms with Crippen molar-refractivity contribution in [3.8, 4) is 17.0 Å². The zero-order chi connectivity index (χ0) is 21.3. The van der Waals surface area contributed by atoms with E-state index in [9.17, 15) is 4.79 Å². The molecule has 2 heterocycles. The number of pyridine rings is 1. The van der Waals surface area contributed by atoms with Gasteiger partial charge in [0.1, 0.15) is 0 Å². The van der Waals surface area contributed by atoms with E-state index in [4.69, 9.17) is 4.74 Å². The second kappa shape index (κ2) is 8.03. The van der Waals surface area contributed by atoms with Gasteiger partial charge in [-0.25, -0.2) is 4.98 Å². The van der Waals surface area contributed by atoms with Crippen LogP contribution in [0.2, 0.25) is 0 Å². The van der Waals surface area contributed by atoms with Crippen LogP contribution in [0.3, 0.4) is 0 Å². The predicted octanol–water partition coefficient (Wildman–Crippen LogP) is 5.52. The summed E-state index contributed by atoms with van der Waals surface area (Å²) in [6, 6.07) is 15.8. The number of anilines is 1. The normalized spacial score (nSPS) is 10.9. The third-order valence-electron chi connectivity index (χ3n) is 5.69. The molecule has 30 heavy (non-hydrogen) atoms. The maximum Gasteiger partial charge on any atom is 0.258 e. The number of aromatic amines is 1. The molecule has 152 valence electrons. The molecular weight excluding hydrogens is 374 g/mol. The van der Waals surface area contributed by atoms with E-state index < -0.39 is 0 Å². The first-order chi connectivity index (χ1) is 14.5. The molecule has 5 nitrogen and oxygen atoms in total. The van der Waals surface area contributed by atoms with E-state index in [0.717, 1.165) is 38.8 Å². The summed E-state index contributed by atoms with van der Waals surface area (Å²) in [5.41, 5.74) is 6.75. The van der Waals surface area contributed by atoms with E-state index in [0.29, 0.717) is 18.0 Å². The summed E-state index contributed by atoms with van der Waals surface area (Å²) in [6.07, 6.45) is 3.71. The summed E-state index contributed by atoms with van der Waals surface area (Å²) in [5, 5.41) is 1.04. The molecule has 0 fully saturated rings. The number of carbonyl (C=O) groups excluding carboxylic acids is 1. The highest BCUT2D eigenvalue weighted by Crippen LogP contribution is 2.31. The van der Waals surface area contributed by atoms with Crippen molar-refractivity contribution in [2.24, 2.45) is 0 Å². The van der Waals surface area contributed by atoms with E-state index in [-0.39, 0.29) is 5.91 Å². The maximum atomic E-state index is 13.5. The van der Waals surface area contributed by atoms with Crippen LogP contribution < -0.4 is 9.64 Å². The van der Waals surface area contributed by atoms with Gasteiger partial charge in [0.15, 0.2) is 0 Å². The highest BCUT2D eigenvalue weighted by Gasteiger charge is 2.22. The number of para-hydroxylation sites is 1. The van der Waals surface area contributed by atoms with Crippen molar-refractivity contribution in [1.29, 1.82) is 0 Å². The molecule has 0 spiro atoms. The molecule has 0 aliphatic carbocycles. The van der Waals surface area contributed by atoms with Crippen LogP contribution >= 0.6 is 0 Å². The van der Waals surface area contributed by atoms with E-state index in [1.54, 1.807) is 13.3 Å². The van der Waals surface area contributed by atoms with Crippen molar-refractivity contribution in [3.63, 3.8) is 0 Å². The van der Waals surface area contributed by atoms with Crippen molar-refractivity contribution in [3.05, 3.63) is 77.6 Å². The Morgan fingerprint density at radius 2 is 1.87 bits per heavy atom. The van der Waals surface area contributed by atoms with Gasteiger partial charge >= 0.3 is 0 Å². The van der Waals surface area contributed by atoms with E-state index >= 15 is 0 Å². The molecule has 4 rings (SSSR count). The van der Waals surface area contributed by atoms with Gasteiger partial charge in [0.05, 0.1) is 12.8 Å². The third-order valence-corrected chi connectivity index (χ3v) is 5.69.